The Morgan fingerprint density at radius 3 is 2.56 bits per heavy atom. The molecule has 0 bridgehead atoms. The van der Waals surface area contributed by atoms with E-state index in [1.54, 1.807) is 0 Å². The summed E-state index contributed by atoms with van der Waals surface area (Å²) in [6.07, 6.45) is 6.05. The zero-order valence-electron chi connectivity index (χ0n) is 15.1. The zero-order valence-corrected chi connectivity index (χ0v) is 16.7. The topological polar surface area (TPSA) is 31.2 Å². The Labute approximate surface area is 167 Å². The SMILES string of the molecule is CCOC(=O)c1c2c(n(-c3ccc(Br)cc3)c1-c1ccccc1)C=CCC2. The van der Waals surface area contributed by atoms with Gasteiger partial charge in [-0.15, -0.1) is 0 Å². The molecule has 136 valence electrons. The fraction of sp³-hybridized carbons (Fsp3) is 0.174. The average molecular weight is 422 g/mol. The second kappa shape index (κ2) is 7.57. The number of fused-ring (bicyclic) bond motifs is 1. The van der Waals surface area contributed by atoms with E-state index < -0.39 is 0 Å². The number of aromatic nitrogens is 1. The standard InChI is InChI=1S/C23H20BrNO2/c1-2-27-23(26)21-19-10-6-7-11-20(19)25(18-14-12-17(24)13-15-18)22(21)16-8-4-3-5-9-16/h3-5,7-9,11-15H,2,6,10H2,1H3. The Kier molecular flexibility index (Phi) is 4.99. The summed E-state index contributed by atoms with van der Waals surface area (Å²) >= 11 is 3.51. The quantitative estimate of drug-likeness (QED) is 0.480. The molecule has 0 saturated carbocycles. The molecule has 0 atom stereocenters. The van der Waals surface area contributed by atoms with Gasteiger partial charge in [0.05, 0.1) is 23.6 Å². The van der Waals surface area contributed by atoms with Crippen LogP contribution in [0.25, 0.3) is 23.0 Å². The summed E-state index contributed by atoms with van der Waals surface area (Å²) < 4.78 is 8.64. The summed E-state index contributed by atoms with van der Waals surface area (Å²) in [6.45, 7) is 2.21. The van der Waals surface area contributed by atoms with Gasteiger partial charge in [-0.2, -0.15) is 0 Å². The summed E-state index contributed by atoms with van der Waals surface area (Å²) in [6, 6.07) is 18.2. The van der Waals surface area contributed by atoms with Crippen molar-refractivity contribution in [1.82, 2.24) is 4.57 Å². The minimum absolute atomic E-state index is 0.251. The molecule has 0 saturated heterocycles. The summed E-state index contributed by atoms with van der Waals surface area (Å²) in [7, 11) is 0. The first-order valence-corrected chi connectivity index (χ1v) is 9.92. The number of allylic oxidation sites excluding steroid dienone is 1. The van der Waals surface area contributed by atoms with E-state index in [0.717, 1.165) is 45.5 Å². The van der Waals surface area contributed by atoms with Gasteiger partial charge in [-0.1, -0.05) is 52.3 Å². The fourth-order valence-corrected chi connectivity index (χ4v) is 3.90. The van der Waals surface area contributed by atoms with Gasteiger partial charge in [0.2, 0.25) is 0 Å². The Hall–Kier alpha value is -2.59. The predicted octanol–water partition coefficient (Wildman–Crippen LogP) is 6.04. The van der Waals surface area contributed by atoms with Gasteiger partial charge in [0.25, 0.3) is 0 Å². The molecule has 1 aliphatic rings. The molecule has 0 aliphatic heterocycles. The van der Waals surface area contributed by atoms with Gasteiger partial charge in [0.1, 0.15) is 0 Å². The lowest BCUT2D eigenvalue weighted by Gasteiger charge is -2.14. The fourth-order valence-electron chi connectivity index (χ4n) is 3.64. The van der Waals surface area contributed by atoms with Gasteiger partial charge in [-0.3, -0.25) is 0 Å². The van der Waals surface area contributed by atoms with Crippen molar-refractivity contribution in [1.29, 1.82) is 0 Å². The molecule has 1 aromatic heterocycles. The number of esters is 1. The molecule has 0 N–H and O–H groups in total. The Morgan fingerprint density at radius 2 is 1.85 bits per heavy atom. The van der Waals surface area contributed by atoms with E-state index in [1.165, 1.54) is 0 Å². The summed E-state index contributed by atoms with van der Waals surface area (Å²) in [5.74, 6) is -0.251. The third-order valence-electron chi connectivity index (χ3n) is 4.76. The van der Waals surface area contributed by atoms with Crippen LogP contribution in [0.3, 0.4) is 0 Å². The maximum atomic E-state index is 12.9. The van der Waals surface area contributed by atoms with Crippen molar-refractivity contribution in [2.45, 2.75) is 19.8 Å². The van der Waals surface area contributed by atoms with Crippen LogP contribution in [0.5, 0.6) is 0 Å². The first kappa shape index (κ1) is 17.8. The molecule has 0 radical (unpaired) electrons. The van der Waals surface area contributed by atoms with E-state index in [-0.39, 0.29) is 5.97 Å². The van der Waals surface area contributed by atoms with Crippen LogP contribution >= 0.6 is 15.9 Å². The highest BCUT2D eigenvalue weighted by molar-refractivity contribution is 9.10. The number of carbonyl (C=O) groups is 1. The third-order valence-corrected chi connectivity index (χ3v) is 5.29. The Bertz CT molecular complexity index is 1000. The number of hydrogen-bond donors (Lipinski definition) is 0. The van der Waals surface area contributed by atoms with Crippen LogP contribution in [0.4, 0.5) is 0 Å². The number of carbonyl (C=O) groups excluding carboxylic acids is 1. The highest BCUT2D eigenvalue weighted by Crippen LogP contribution is 2.38. The molecule has 0 fully saturated rings. The highest BCUT2D eigenvalue weighted by Gasteiger charge is 2.29. The van der Waals surface area contributed by atoms with Crippen LogP contribution in [-0.4, -0.2) is 17.1 Å². The molecule has 27 heavy (non-hydrogen) atoms. The molecular weight excluding hydrogens is 402 g/mol. The highest BCUT2D eigenvalue weighted by atomic mass is 79.9. The van der Waals surface area contributed by atoms with Gasteiger partial charge < -0.3 is 9.30 Å². The van der Waals surface area contributed by atoms with Crippen LogP contribution in [0.1, 0.15) is 35.0 Å². The number of ether oxygens (including phenoxy) is 1. The van der Waals surface area contributed by atoms with Crippen molar-refractivity contribution < 1.29 is 9.53 Å². The Balaban J connectivity index is 2.06. The van der Waals surface area contributed by atoms with Gasteiger partial charge >= 0.3 is 5.97 Å². The molecule has 4 heteroatoms. The van der Waals surface area contributed by atoms with Crippen molar-refractivity contribution in [3.63, 3.8) is 0 Å². The van der Waals surface area contributed by atoms with Gasteiger partial charge in [-0.25, -0.2) is 4.79 Å². The van der Waals surface area contributed by atoms with Crippen LogP contribution in [0, 0.1) is 0 Å². The number of benzene rings is 2. The van der Waals surface area contributed by atoms with Crippen molar-refractivity contribution in [3.8, 4) is 16.9 Å². The monoisotopic (exact) mass is 421 g/mol. The minimum Gasteiger partial charge on any atom is -0.462 e. The van der Waals surface area contributed by atoms with E-state index in [1.807, 2.05) is 49.4 Å². The number of rotatable bonds is 4. The number of nitrogens with zero attached hydrogens (tertiary/aromatic N) is 1. The molecule has 1 heterocycles. The summed E-state index contributed by atoms with van der Waals surface area (Å²) in [5.41, 5.74) is 5.74. The van der Waals surface area contributed by atoms with E-state index in [0.29, 0.717) is 12.2 Å². The van der Waals surface area contributed by atoms with Crippen LogP contribution in [-0.2, 0) is 11.2 Å². The molecule has 0 spiro atoms. The van der Waals surface area contributed by atoms with Crippen LogP contribution < -0.4 is 0 Å². The van der Waals surface area contributed by atoms with Gasteiger partial charge in [-0.05, 0) is 61.2 Å². The van der Waals surface area contributed by atoms with Crippen molar-refractivity contribution >= 4 is 28.0 Å². The molecular formula is C23H20BrNO2. The summed E-state index contributed by atoms with van der Waals surface area (Å²) in [5, 5.41) is 0. The van der Waals surface area contributed by atoms with Crippen molar-refractivity contribution in [3.05, 3.63) is 82.0 Å². The van der Waals surface area contributed by atoms with E-state index in [2.05, 4.69) is 44.8 Å². The van der Waals surface area contributed by atoms with E-state index >= 15 is 0 Å². The van der Waals surface area contributed by atoms with Crippen molar-refractivity contribution in [2.24, 2.45) is 0 Å². The van der Waals surface area contributed by atoms with E-state index in [4.69, 9.17) is 4.74 Å². The maximum absolute atomic E-state index is 12.9. The molecule has 0 unspecified atom stereocenters. The molecule has 3 nitrogen and oxygen atoms in total. The molecule has 2 aromatic carbocycles. The van der Waals surface area contributed by atoms with E-state index in [9.17, 15) is 4.79 Å². The lowest BCUT2D eigenvalue weighted by Crippen LogP contribution is -2.09. The first-order chi connectivity index (χ1) is 13.2. The Morgan fingerprint density at radius 1 is 1.11 bits per heavy atom. The second-order valence-corrected chi connectivity index (χ2v) is 7.34. The number of halogens is 1. The van der Waals surface area contributed by atoms with Gasteiger partial charge in [0.15, 0.2) is 0 Å². The van der Waals surface area contributed by atoms with Gasteiger partial charge in [0, 0.05) is 10.2 Å². The lowest BCUT2D eigenvalue weighted by molar-refractivity contribution is 0.0526. The van der Waals surface area contributed by atoms with Crippen LogP contribution in [0.15, 0.2) is 65.1 Å². The third kappa shape index (κ3) is 3.26. The lowest BCUT2D eigenvalue weighted by atomic mass is 9.97. The maximum Gasteiger partial charge on any atom is 0.340 e. The average Bonchev–Trinajstić information content (AvgIpc) is 3.05. The number of hydrogen-bond acceptors (Lipinski definition) is 2. The van der Waals surface area contributed by atoms with Crippen molar-refractivity contribution in [2.75, 3.05) is 6.61 Å². The smallest absolute Gasteiger partial charge is 0.340 e. The molecule has 3 aromatic rings. The molecule has 4 rings (SSSR count). The largest absolute Gasteiger partial charge is 0.462 e. The summed E-state index contributed by atoms with van der Waals surface area (Å²) in [4.78, 5) is 12.9. The normalized spacial score (nSPS) is 12.7. The van der Waals surface area contributed by atoms with Crippen LogP contribution in [0.2, 0.25) is 0 Å². The molecule has 1 aliphatic carbocycles. The zero-order chi connectivity index (χ0) is 18.8. The predicted molar refractivity (Wildman–Crippen MR) is 112 cm³/mol. The second-order valence-electron chi connectivity index (χ2n) is 6.43. The minimum atomic E-state index is -0.251. The first-order valence-electron chi connectivity index (χ1n) is 9.13. The molecule has 0 amide bonds.